The molecule has 0 fully saturated rings. The van der Waals surface area contributed by atoms with Crippen molar-refractivity contribution >= 4 is 17.7 Å². The Hall–Kier alpha value is -3.47. The number of pyridine rings is 1. The first-order valence-corrected chi connectivity index (χ1v) is 7.63. The van der Waals surface area contributed by atoms with Crippen molar-refractivity contribution in [3.8, 4) is 11.6 Å². The number of rotatable bonds is 5. The van der Waals surface area contributed by atoms with Gasteiger partial charge in [0.15, 0.2) is 0 Å². The van der Waals surface area contributed by atoms with Gasteiger partial charge in [-0.3, -0.25) is 4.79 Å². The SMILES string of the molecule is O=C(/C=C\c1ccccc1)Nc1ccc(Oc2ccc(F)cc2)nc1. The second-order valence-corrected chi connectivity index (χ2v) is 5.17. The average molecular weight is 334 g/mol. The number of nitrogens with zero attached hydrogens (tertiary/aromatic N) is 1. The zero-order chi connectivity index (χ0) is 17.5. The first-order valence-electron chi connectivity index (χ1n) is 7.63. The molecule has 1 heterocycles. The fourth-order valence-corrected chi connectivity index (χ4v) is 2.06. The molecule has 0 aliphatic rings. The number of nitrogens with one attached hydrogen (secondary N) is 1. The lowest BCUT2D eigenvalue weighted by molar-refractivity contribution is -0.111. The van der Waals surface area contributed by atoms with Crippen LogP contribution in [-0.2, 0) is 4.79 Å². The summed E-state index contributed by atoms with van der Waals surface area (Å²) in [4.78, 5) is 16.0. The smallest absolute Gasteiger partial charge is 0.248 e. The molecule has 1 aromatic heterocycles. The number of anilines is 1. The monoisotopic (exact) mass is 334 g/mol. The fourth-order valence-electron chi connectivity index (χ4n) is 2.06. The highest BCUT2D eigenvalue weighted by Gasteiger charge is 2.02. The van der Waals surface area contributed by atoms with Crippen LogP contribution in [0, 0.1) is 5.82 Å². The summed E-state index contributed by atoms with van der Waals surface area (Å²) >= 11 is 0. The molecule has 124 valence electrons. The van der Waals surface area contributed by atoms with E-state index >= 15 is 0 Å². The molecule has 2 aromatic carbocycles. The van der Waals surface area contributed by atoms with Crippen molar-refractivity contribution in [1.29, 1.82) is 0 Å². The van der Waals surface area contributed by atoms with Gasteiger partial charge in [-0.15, -0.1) is 0 Å². The van der Waals surface area contributed by atoms with Crippen LogP contribution in [0.4, 0.5) is 10.1 Å². The van der Waals surface area contributed by atoms with E-state index in [1.165, 1.54) is 36.5 Å². The fraction of sp³-hybridized carbons (Fsp3) is 0. The largest absolute Gasteiger partial charge is 0.439 e. The maximum Gasteiger partial charge on any atom is 0.248 e. The standard InChI is InChI=1S/C20H15FN2O2/c21-16-7-10-18(11-8-16)25-20-13-9-17(14-22-20)23-19(24)12-6-15-4-2-1-3-5-15/h1-14H,(H,23,24)/b12-6-. The third-order valence-corrected chi connectivity index (χ3v) is 3.27. The van der Waals surface area contributed by atoms with Crippen LogP contribution in [0.3, 0.4) is 0 Å². The van der Waals surface area contributed by atoms with Gasteiger partial charge < -0.3 is 10.1 Å². The van der Waals surface area contributed by atoms with Crippen molar-refractivity contribution < 1.29 is 13.9 Å². The highest BCUT2D eigenvalue weighted by Crippen LogP contribution is 2.20. The second-order valence-electron chi connectivity index (χ2n) is 5.17. The lowest BCUT2D eigenvalue weighted by Crippen LogP contribution is -2.07. The van der Waals surface area contributed by atoms with E-state index < -0.39 is 0 Å². The van der Waals surface area contributed by atoms with Gasteiger partial charge >= 0.3 is 0 Å². The van der Waals surface area contributed by atoms with E-state index in [-0.39, 0.29) is 11.7 Å². The molecule has 0 saturated heterocycles. The van der Waals surface area contributed by atoms with Crippen LogP contribution in [0.2, 0.25) is 0 Å². The van der Waals surface area contributed by atoms with Gasteiger partial charge in [-0.05, 0) is 42.0 Å². The molecule has 0 aliphatic carbocycles. The normalized spacial score (nSPS) is 10.6. The Labute approximate surface area is 144 Å². The van der Waals surface area contributed by atoms with Gasteiger partial charge in [0.25, 0.3) is 0 Å². The van der Waals surface area contributed by atoms with Crippen molar-refractivity contribution in [2.45, 2.75) is 0 Å². The predicted octanol–water partition coefficient (Wildman–Crippen LogP) is 4.66. The average Bonchev–Trinajstić information content (AvgIpc) is 2.64. The molecule has 0 unspecified atom stereocenters. The number of halogens is 1. The molecule has 0 bridgehead atoms. The Balaban J connectivity index is 1.57. The molecule has 0 saturated carbocycles. The third-order valence-electron chi connectivity index (χ3n) is 3.27. The zero-order valence-electron chi connectivity index (χ0n) is 13.2. The minimum Gasteiger partial charge on any atom is -0.439 e. The zero-order valence-corrected chi connectivity index (χ0v) is 13.2. The third kappa shape index (κ3) is 5.00. The van der Waals surface area contributed by atoms with Crippen LogP contribution in [-0.4, -0.2) is 10.9 Å². The van der Waals surface area contributed by atoms with Gasteiger partial charge in [-0.1, -0.05) is 30.3 Å². The maximum atomic E-state index is 12.9. The van der Waals surface area contributed by atoms with E-state index in [1.54, 1.807) is 18.2 Å². The first-order chi connectivity index (χ1) is 12.2. The summed E-state index contributed by atoms with van der Waals surface area (Å²) in [6.07, 6.45) is 4.68. The first kappa shape index (κ1) is 16.4. The van der Waals surface area contributed by atoms with Crippen LogP contribution in [0.1, 0.15) is 5.56 Å². The lowest BCUT2D eigenvalue weighted by Gasteiger charge is -2.06. The predicted molar refractivity (Wildman–Crippen MR) is 94.8 cm³/mol. The van der Waals surface area contributed by atoms with Crippen molar-refractivity contribution in [2.24, 2.45) is 0 Å². The molecule has 25 heavy (non-hydrogen) atoms. The minimum absolute atomic E-state index is 0.252. The van der Waals surface area contributed by atoms with Gasteiger partial charge in [-0.2, -0.15) is 0 Å². The van der Waals surface area contributed by atoms with E-state index in [1.807, 2.05) is 30.3 Å². The number of benzene rings is 2. The second kappa shape index (κ2) is 7.88. The van der Waals surface area contributed by atoms with E-state index in [2.05, 4.69) is 10.3 Å². The van der Waals surface area contributed by atoms with Gasteiger partial charge in [0.1, 0.15) is 11.6 Å². The summed E-state index contributed by atoms with van der Waals surface area (Å²) in [5, 5.41) is 2.72. The highest BCUT2D eigenvalue weighted by atomic mass is 19.1. The molecular weight excluding hydrogens is 319 g/mol. The molecule has 0 spiro atoms. The van der Waals surface area contributed by atoms with Gasteiger partial charge in [-0.25, -0.2) is 9.37 Å². The van der Waals surface area contributed by atoms with Crippen LogP contribution in [0.5, 0.6) is 11.6 Å². The number of ether oxygens (including phenoxy) is 1. The van der Waals surface area contributed by atoms with Crippen molar-refractivity contribution in [3.05, 3.63) is 90.4 Å². The summed E-state index contributed by atoms with van der Waals surface area (Å²) < 4.78 is 18.3. The molecule has 4 nitrogen and oxygen atoms in total. The Kier molecular flexibility index (Phi) is 5.16. The quantitative estimate of drug-likeness (QED) is 0.690. The Bertz CT molecular complexity index is 860. The Morgan fingerprint density at radius 3 is 2.44 bits per heavy atom. The molecule has 1 N–H and O–H groups in total. The van der Waals surface area contributed by atoms with Gasteiger partial charge in [0.2, 0.25) is 11.8 Å². The van der Waals surface area contributed by atoms with Gasteiger partial charge in [0.05, 0.1) is 11.9 Å². The van der Waals surface area contributed by atoms with Gasteiger partial charge in [0, 0.05) is 12.1 Å². The number of carbonyl (C=O) groups is 1. The van der Waals surface area contributed by atoms with Crippen LogP contribution in [0.25, 0.3) is 6.08 Å². The lowest BCUT2D eigenvalue weighted by atomic mass is 10.2. The van der Waals surface area contributed by atoms with Crippen molar-refractivity contribution in [2.75, 3.05) is 5.32 Å². The number of hydrogen-bond donors (Lipinski definition) is 1. The summed E-state index contributed by atoms with van der Waals surface area (Å²) in [6, 6.07) is 18.5. The summed E-state index contributed by atoms with van der Waals surface area (Å²) in [5.41, 5.74) is 1.49. The van der Waals surface area contributed by atoms with Crippen molar-refractivity contribution in [1.82, 2.24) is 4.98 Å². The molecule has 0 atom stereocenters. The Morgan fingerprint density at radius 1 is 1.00 bits per heavy atom. The molecule has 0 radical (unpaired) electrons. The van der Waals surface area contributed by atoms with Crippen molar-refractivity contribution in [3.63, 3.8) is 0 Å². The number of carbonyl (C=O) groups excluding carboxylic acids is 1. The summed E-state index contributed by atoms with van der Waals surface area (Å²) in [5.74, 6) is 0.251. The maximum absolute atomic E-state index is 12.9. The Morgan fingerprint density at radius 2 is 1.76 bits per heavy atom. The summed E-state index contributed by atoms with van der Waals surface area (Å²) in [7, 11) is 0. The van der Waals surface area contributed by atoms with Crippen LogP contribution < -0.4 is 10.1 Å². The molecule has 3 rings (SSSR count). The van der Waals surface area contributed by atoms with E-state index in [0.29, 0.717) is 17.3 Å². The minimum atomic E-state index is -0.332. The molecule has 5 heteroatoms. The molecule has 3 aromatic rings. The topological polar surface area (TPSA) is 51.2 Å². The van der Waals surface area contributed by atoms with E-state index in [4.69, 9.17) is 4.74 Å². The molecular formula is C20H15FN2O2. The molecule has 1 amide bonds. The number of aromatic nitrogens is 1. The number of hydrogen-bond acceptors (Lipinski definition) is 3. The molecule has 0 aliphatic heterocycles. The summed E-state index contributed by atoms with van der Waals surface area (Å²) in [6.45, 7) is 0. The number of amides is 1. The van der Waals surface area contributed by atoms with E-state index in [0.717, 1.165) is 5.56 Å². The van der Waals surface area contributed by atoms with Crippen LogP contribution >= 0.6 is 0 Å². The highest BCUT2D eigenvalue weighted by molar-refractivity contribution is 6.01. The van der Waals surface area contributed by atoms with Crippen LogP contribution in [0.15, 0.2) is 79.0 Å². The van der Waals surface area contributed by atoms with E-state index in [9.17, 15) is 9.18 Å².